The summed E-state index contributed by atoms with van der Waals surface area (Å²) in [6, 6.07) is 8.53. The smallest absolute Gasteiger partial charge is 0.416 e. The number of carbonyl (C=O) groups is 2. The van der Waals surface area contributed by atoms with Crippen LogP contribution in [0.5, 0.6) is 11.5 Å². The SMILES string of the molecule is O=C(C[C@@H]1Sc2ccc(C(F)(F)F)cc2NC1=O)NCc1ccc2c(c1)OCCO2. The van der Waals surface area contributed by atoms with Crippen LogP contribution in [0.1, 0.15) is 17.5 Å². The number of ether oxygens (including phenoxy) is 2. The van der Waals surface area contributed by atoms with Crippen LogP contribution >= 0.6 is 11.8 Å². The number of fused-ring (bicyclic) bond motifs is 2. The zero-order chi connectivity index (χ0) is 21.3. The Morgan fingerprint density at radius 2 is 1.90 bits per heavy atom. The first-order valence-corrected chi connectivity index (χ1v) is 10.0. The number of rotatable bonds is 4. The van der Waals surface area contributed by atoms with E-state index in [1.54, 1.807) is 12.1 Å². The first kappa shape index (κ1) is 20.4. The van der Waals surface area contributed by atoms with Crippen LogP contribution in [-0.2, 0) is 22.3 Å². The van der Waals surface area contributed by atoms with Crippen molar-refractivity contribution in [2.24, 2.45) is 0 Å². The van der Waals surface area contributed by atoms with E-state index in [2.05, 4.69) is 10.6 Å². The summed E-state index contributed by atoms with van der Waals surface area (Å²) in [4.78, 5) is 25.1. The third-order valence-corrected chi connectivity index (χ3v) is 5.87. The van der Waals surface area contributed by atoms with Crippen LogP contribution in [-0.4, -0.2) is 30.3 Å². The Labute approximate surface area is 174 Å². The number of anilines is 1. The fraction of sp³-hybridized carbons (Fsp3) is 0.300. The molecule has 4 rings (SSSR count). The largest absolute Gasteiger partial charge is 0.486 e. The second kappa shape index (κ2) is 8.10. The molecule has 0 saturated carbocycles. The normalized spacial score (nSPS) is 17.7. The van der Waals surface area contributed by atoms with Crippen molar-refractivity contribution in [3.63, 3.8) is 0 Å². The van der Waals surface area contributed by atoms with E-state index in [1.165, 1.54) is 6.07 Å². The summed E-state index contributed by atoms with van der Waals surface area (Å²) in [6.45, 7) is 1.20. The molecule has 10 heteroatoms. The molecule has 2 aromatic rings. The van der Waals surface area contributed by atoms with Gasteiger partial charge in [0.2, 0.25) is 11.8 Å². The van der Waals surface area contributed by atoms with E-state index in [9.17, 15) is 22.8 Å². The third kappa shape index (κ3) is 4.48. The molecular formula is C20H17F3N2O4S. The highest BCUT2D eigenvalue weighted by Gasteiger charge is 2.34. The quantitative estimate of drug-likeness (QED) is 0.763. The van der Waals surface area contributed by atoms with E-state index in [-0.39, 0.29) is 24.6 Å². The monoisotopic (exact) mass is 438 g/mol. The Morgan fingerprint density at radius 3 is 2.67 bits per heavy atom. The standard InChI is InChI=1S/C20H17F3N2O4S/c21-20(22,23)12-2-4-16-13(8-12)25-19(27)17(30-16)9-18(26)24-10-11-1-3-14-15(7-11)29-6-5-28-14/h1-4,7-8,17H,5-6,9-10H2,(H,24,26)(H,25,27)/t17-/m0/s1. The molecule has 158 valence electrons. The minimum Gasteiger partial charge on any atom is -0.486 e. The van der Waals surface area contributed by atoms with Crippen molar-refractivity contribution in [2.75, 3.05) is 18.5 Å². The summed E-state index contributed by atoms with van der Waals surface area (Å²) in [5.41, 5.74) is 0.0870. The van der Waals surface area contributed by atoms with Crippen molar-refractivity contribution in [3.8, 4) is 11.5 Å². The lowest BCUT2D eigenvalue weighted by atomic mass is 10.1. The van der Waals surface area contributed by atoms with E-state index in [4.69, 9.17) is 9.47 Å². The molecule has 2 aromatic carbocycles. The number of hydrogen-bond donors (Lipinski definition) is 2. The molecule has 2 N–H and O–H groups in total. The number of alkyl halides is 3. The van der Waals surface area contributed by atoms with Gasteiger partial charge in [-0.2, -0.15) is 13.2 Å². The highest BCUT2D eigenvalue weighted by molar-refractivity contribution is 8.01. The zero-order valence-electron chi connectivity index (χ0n) is 15.5. The number of amides is 2. The Hall–Kier alpha value is -2.88. The van der Waals surface area contributed by atoms with E-state index < -0.39 is 22.9 Å². The molecule has 2 heterocycles. The van der Waals surface area contributed by atoms with E-state index in [0.29, 0.717) is 29.6 Å². The lowest BCUT2D eigenvalue weighted by Crippen LogP contribution is -2.34. The highest BCUT2D eigenvalue weighted by Crippen LogP contribution is 2.40. The van der Waals surface area contributed by atoms with Gasteiger partial charge in [-0.3, -0.25) is 9.59 Å². The predicted molar refractivity (Wildman–Crippen MR) is 104 cm³/mol. The molecule has 2 aliphatic rings. The summed E-state index contributed by atoms with van der Waals surface area (Å²) < 4.78 is 49.5. The Balaban J connectivity index is 1.35. The molecule has 6 nitrogen and oxygen atoms in total. The van der Waals surface area contributed by atoms with Gasteiger partial charge in [-0.15, -0.1) is 11.8 Å². The number of benzene rings is 2. The highest BCUT2D eigenvalue weighted by atomic mass is 32.2. The van der Waals surface area contributed by atoms with Crippen molar-refractivity contribution >= 4 is 29.3 Å². The molecule has 0 radical (unpaired) electrons. The lowest BCUT2D eigenvalue weighted by molar-refractivity contribution is -0.137. The summed E-state index contributed by atoms with van der Waals surface area (Å²) in [7, 11) is 0. The van der Waals surface area contributed by atoms with Crippen molar-refractivity contribution in [2.45, 2.75) is 29.3 Å². The van der Waals surface area contributed by atoms with Crippen molar-refractivity contribution in [3.05, 3.63) is 47.5 Å². The first-order valence-electron chi connectivity index (χ1n) is 9.13. The second-order valence-corrected chi connectivity index (χ2v) is 8.01. The molecule has 0 bridgehead atoms. The van der Waals surface area contributed by atoms with Crippen LogP contribution in [0.2, 0.25) is 0 Å². The van der Waals surface area contributed by atoms with Crippen LogP contribution in [0, 0.1) is 0 Å². The molecule has 2 aliphatic heterocycles. The Bertz CT molecular complexity index is 997. The molecule has 30 heavy (non-hydrogen) atoms. The maximum absolute atomic E-state index is 12.8. The Morgan fingerprint density at radius 1 is 1.13 bits per heavy atom. The molecule has 0 unspecified atom stereocenters. The van der Waals surface area contributed by atoms with Gasteiger partial charge in [0.15, 0.2) is 11.5 Å². The molecule has 0 aromatic heterocycles. The van der Waals surface area contributed by atoms with Crippen LogP contribution in [0.25, 0.3) is 0 Å². The zero-order valence-corrected chi connectivity index (χ0v) is 16.4. The van der Waals surface area contributed by atoms with E-state index in [0.717, 1.165) is 29.5 Å². The summed E-state index contributed by atoms with van der Waals surface area (Å²) in [5.74, 6) is 0.429. The van der Waals surface area contributed by atoms with E-state index in [1.807, 2.05) is 6.07 Å². The number of hydrogen-bond acceptors (Lipinski definition) is 5. The van der Waals surface area contributed by atoms with Crippen molar-refractivity contribution in [1.29, 1.82) is 0 Å². The fourth-order valence-corrected chi connectivity index (χ4v) is 4.19. The molecule has 2 amide bonds. The number of carbonyl (C=O) groups excluding carboxylic acids is 2. The van der Waals surface area contributed by atoms with Crippen molar-refractivity contribution < 1.29 is 32.2 Å². The number of halogens is 3. The molecule has 0 spiro atoms. The molecule has 0 fully saturated rings. The van der Waals surface area contributed by atoms with Gasteiger partial charge in [-0.1, -0.05) is 6.07 Å². The third-order valence-electron chi connectivity index (χ3n) is 4.59. The van der Waals surface area contributed by atoms with Gasteiger partial charge in [0.05, 0.1) is 16.5 Å². The van der Waals surface area contributed by atoms with Crippen molar-refractivity contribution in [1.82, 2.24) is 5.32 Å². The second-order valence-electron chi connectivity index (χ2n) is 6.76. The van der Waals surface area contributed by atoms with Gasteiger partial charge in [0.25, 0.3) is 0 Å². The minimum atomic E-state index is -4.49. The lowest BCUT2D eigenvalue weighted by Gasteiger charge is -2.24. The first-order chi connectivity index (χ1) is 14.3. The van der Waals surface area contributed by atoms with Gasteiger partial charge >= 0.3 is 6.18 Å². The Kier molecular flexibility index (Phi) is 5.50. The number of thioether (sulfide) groups is 1. The average molecular weight is 438 g/mol. The molecule has 1 atom stereocenters. The van der Waals surface area contributed by atoms with E-state index >= 15 is 0 Å². The summed E-state index contributed by atoms with van der Waals surface area (Å²) in [5, 5.41) is 4.49. The summed E-state index contributed by atoms with van der Waals surface area (Å²) in [6.07, 6.45) is -4.59. The van der Waals surface area contributed by atoms with Gasteiger partial charge < -0.3 is 20.1 Å². The maximum Gasteiger partial charge on any atom is 0.416 e. The fourth-order valence-electron chi connectivity index (χ4n) is 3.10. The topological polar surface area (TPSA) is 76.7 Å². The maximum atomic E-state index is 12.8. The van der Waals surface area contributed by atoms with Crippen LogP contribution in [0.15, 0.2) is 41.3 Å². The minimum absolute atomic E-state index is 0.0957. The van der Waals surface area contributed by atoms with Crippen LogP contribution in [0.3, 0.4) is 0 Å². The summed E-state index contributed by atoms with van der Waals surface area (Å²) >= 11 is 1.08. The van der Waals surface area contributed by atoms with Crippen LogP contribution in [0.4, 0.5) is 18.9 Å². The average Bonchev–Trinajstić information content (AvgIpc) is 2.71. The van der Waals surface area contributed by atoms with Gasteiger partial charge in [-0.25, -0.2) is 0 Å². The van der Waals surface area contributed by atoms with Gasteiger partial charge in [0.1, 0.15) is 13.2 Å². The van der Waals surface area contributed by atoms with Crippen LogP contribution < -0.4 is 20.1 Å². The number of nitrogens with one attached hydrogen (secondary N) is 2. The van der Waals surface area contributed by atoms with Gasteiger partial charge in [0, 0.05) is 17.9 Å². The predicted octanol–water partition coefficient (Wildman–Crippen LogP) is 3.60. The molecular weight excluding hydrogens is 421 g/mol. The molecule has 0 aliphatic carbocycles. The molecule has 0 saturated heterocycles. The van der Waals surface area contributed by atoms with Gasteiger partial charge in [-0.05, 0) is 35.9 Å².